The molecule has 2 atom stereocenters. The van der Waals surface area contributed by atoms with Gasteiger partial charge < -0.3 is 5.32 Å². The van der Waals surface area contributed by atoms with E-state index in [1.165, 1.54) is 13.0 Å². The quantitative estimate of drug-likeness (QED) is 0.762. The smallest absolute Gasteiger partial charge is 0.324 e. The number of halogens is 6. The number of azo groups is 1. The van der Waals surface area contributed by atoms with Gasteiger partial charge in [0.15, 0.2) is 11.6 Å². The summed E-state index contributed by atoms with van der Waals surface area (Å²) >= 11 is 0. The minimum atomic E-state index is -4.84. The van der Waals surface area contributed by atoms with Gasteiger partial charge in [-0.05, 0) is 31.0 Å². The molecule has 0 spiro atoms. The topological polar surface area (TPSA) is 77.6 Å². The molecule has 0 fully saturated rings. The van der Waals surface area contributed by atoms with Crippen LogP contribution in [0.2, 0.25) is 0 Å². The van der Waals surface area contributed by atoms with Gasteiger partial charge in [-0.3, -0.25) is 4.79 Å². The first-order valence-corrected chi connectivity index (χ1v) is 7.77. The van der Waals surface area contributed by atoms with Crippen molar-refractivity contribution in [1.82, 2.24) is 0 Å². The third-order valence-corrected chi connectivity index (χ3v) is 4.19. The van der Waals surface area contributed by atoms with E-state index in [0.29, 0.717) is 0 Å². The Kier molecular flexibility index (Phi) is 5.23. The molecule has 1 heterocycles. The molecule has 0 aliphatic carbocycles. The Hall–Kier alpha value is -2.64. The lowest BCUT2D eigenvalue weighted by molar-refractivity contribution is -0.148. The van der Waals surface area contributed by atoms with E-state index in [1.807, 2.05) is 0 Å². The van der Waals surface area contributed by atoms with E-state index in [1.54, 1.807) is 0 Å². The van der Waals surface area contributed by atoms with E-state index in [2.05, 4.69) is 15.5 Å². The number of anilines is 1. The average Bonchev–Trinajstić information content (AvgIpc) is 2.97. The maximum atomic E-state index is 13.3. The van der Waals surface area contributed by atoms with E-state index in [4.69, 9.17) is 5.26 Å². The highest BCUT2D eigenvalue weighted by atomic mass is 19.4. The molecule has 0 radical (unpaired) electrons. The zero-order valence-electron chi connectivity index (χ0n) is 14.2. The standard InChI is InChI=1S/C16H14F6N4O/c1-3-9-10(5-4-8(7-23)12(9)16(20,21)22)24-13(27)14(2)6-11(25-26-14)15(17,18)19/h4-5,11H,3,6H2,1-2H3,(H,24,27). The molecule has 5 nitrogen and oxygen atoms in total. The maximum absolute atomic E-state index is 13.3. The van der Waals surface area contributed by atoms with Crippen LogP contribution in [0.3, 0.4) is 0 Å². The lowest BCUT2D eigenvalue weighted by atomic mass is 9.93. The first kappa shape index (κ1) is 20.7. The molecule has 2 rings (SSSR count). The highest BCUT2D eigenvalue weighted by molar-refractivity contribution is 5.99. The van der Waals surface area contributed by atoms with Crippen LogP contribution in [0, 0.1) is 11.3 Å². The minimum absolute atomic E-state index is 0.163. The number of carbonyl (C=O) groups excluding carboxylic acids is 1. The zero-order valence-corrected chi connectivity index (χ0v) is 14.2. The molecule has 1 aliphatic rings. The molecular formula is C16H14F6N4O. The van der Waals surface area contributed by atoms with Crippen LogP contribution in [0.5, 0.6) is 0 Å². The Morgan fingerprint density at radius 1 is 1.33 bits per heavy atom. The number of benzene rings is 1. The van der Waals surface area contributed by atoms with E-state index in [9.17, 15) is 31.1 Å². The SMILES string of the molecule is CCc1c(NC(=O)C2(C)CC(C(F)(F)F)N=N2)ccc(C#N)c1C(F)(F)F. The van der Waals surface area contributed by atoms with Crippen LogP contribution in [-0.2, 0) is 17.4 Å². The van der Waals surface area contributed by atoms with Crippen molar-refractivity contribution in [2.75, 3.05) is 5.32 Å². The fourth-order valence-electron chi connectivity index (χ4n) is 2.78. The molecular weight excluding hydrogens is 378 g/mol. The molecule has 146 valence electrons. The van der Waals surface area contributed by atoms with Crippen LogP contribution in [0.25, 0.3) is 0 Å². The molecule has 1 aromatic carbocycles. The van der Waals surface area contributed by atoms with Gasteiger partial charge in [-0.25, -0.2) is 0 Å². The summed E-state index contributed by atoms with van der Waals surface area (Å²) in [6.45, 7) is 2.52. The second-order valence-corrected chi connectivity index (χ2v) is 6.18. The molecule has 0 bridgehead atoms. The van der Waals surface area contributed by atoms with E-state index >= 15 is 0 Å². The van der Waals surface area contributed by atoms with Crippen molar-refractivity contribution in [1.29, 1.82) is 5.26 Å². The number of nitriles is 1. The van der Waals surface area contributed by atoms with Gasteiger partial charge in [-0.1, -0.05) is 6.92 Å². The van der Waals surface area contributed by atoms with Gasteiger partial charge in [0, 0.05) is 12.1 Å². The number of hydrogen-bond acceptors (Lipinski definition) is 4. The fraction of sp³-hybridized carbons (Fsp3) is 0.500. The molecule has 27 heavy (non-hydrogen) atoms. The largest absolute Gasteiger partial charge is 0.418 e. The van der Waals surface area contributed by atoms with Crippen LogP contribution in [0.15, 0.2) is 22.4 Å². The summed E-state index contributed by atoms with van der Waals surface area (Å²) in [7, 11) is 0. The molecule has 1 amide bonds. The second-order valence-electron chi connectivity index (χ2n) is 6.18. The minimum Gasteiger partial charge on any atom is -0.324 e. The number of alkyl halides is 6. The summed E-state index contributed by atoms with van der Waals surface area (Å²) in [6, 6.07) is 1.31. The van der Waals surface area contributed by atoms with Crippen molar-refractivity contribution < 1.29 is 31.1 Å². The number of carbonyl (C=O) groups is 1. The third kappa shape index (κ3) is 4.04. The second kappa shape index (κ2) is 6.83. The van der Waals surface area contributed by atoms with Crippen LogP contribution in [0.4, 0.5) is 32.0 Å². The average molecular weight is 392 g/mol. The highest BCUT2D eigenvalue weighted by Crippen LogP contribution is 2.40. The summed E-state index contributed by atoms with van der Waals surface area (Å²) in [5, 5.41) is 17.6. The van der Waals surface area contributed by atoms with Crippen molar-refractivity contribution in [2.45, 2.75) is 50.6 Å². The van der Waals surface area contributed by atoms with Gasteiger partial charge in [0.05, 0.1) is 17.2 Å². The molecule has 0 saturated heterocycles. The molecule has 2 unspecified atom stereocenters. The Morgan fingerprint density at radius 2 is 1.96 bits per heavy atom. The Bertz CT molecular complexity index is 824. The summed E-state index contributed by atoms with van der Waals surface area (Å²) in [5.41, 5.74) is -4.23. The number of nitrogens with zero attached hydrogens (tertiary/aromatic N) is 3. The van der Waals surface area contributed by atoms with Crippen molar-refractivity contribution in [2.24, 2.45) is 10.2 Å². The Balaban J connectivity index is 2.37. The molecule has 0 saturated carbocycles. The predicted octanol–water partition coefficient (Wildman–Crippen LogP) is 4.62. The Morgan fingerprint density at radius 3 is 2.41 bits per heavy atom. The van der Waals surface area contributed by atoms with Crippen molar-refractivity contribution in [3.05, 3.63) is 28.8 Å². The van der Waals surface area contributed by atoms with Crippen LogP contribution in [0.1, 0.15) is 37.0 Å². The normalized spacial score (nSPS) is 22.6. The van der Waals surface area contributed by atoms with Gasteiger partial charge in [0.1, 0.15) is 0 Å². The van der Waals surface area contributed by atoms with E-state index in [-0.39, 0.29) is 17.7 Å². The first-order valence-electron chi connectivity index (χ1n) is 7.77. The lowest BCUT2D eigenvalue weighted by Crippen LogP contribution is -2.40. The number of hydrogen-bond donors (Lipinski definition) is 1. The number of rotatable bonds is 3. The van der Waals surface area contributed by atoms with Crippen LogP contribution < -0.4 is 5.32 Å². The van der Waals surface area contributed by atoms with E-state index in [0.717, 1.165) is 19.1 Å². The van der Waals surface area contributed by atoms with Crippen molar-refractivity contribution in [3.63, 3.8) is 0 Å². The summed E-state index contributed by atoms with van der Waals surface area (Å²) in [6.07, 6.45) is -10.4. The van der Waals surface area contributed by atoms with Crippen LogP contribution >= 0.6 is 0 Å². The summed E-state index contributed by atoms with van der Waals surface area (Å²) in [4.78, 5) is 12.4. The lowest BCUT2D eigenvalue weighted by Gasteiger charge is -2.22. The van der Waals surface area contributed by atoms with Gasteiger partial charge in [0.2, 0.25) is 0 Å². The molecule has 1 aliphatic heterocycles. The maximum Gasteiger partial charge on any atom is 0.418 e. The van der Waals surface area contributed by atoms with Crippen molar-refractivity contribution >= 4 is 11.6 Å². The van der Waals surface area contributed by atoms with E-state index < -0.39 is 47.4 Å². The number of nitrogens with one attached hydrogen (secondary N) is 1. The van der Waals surface area contributed by atoms with Gasteiger partial charge >= 0.3 is 12.4 Å². The van der Waals surface area contributed by atoms with Crippen LogP contribution in [-0.4, -0.2) is 23.7 Å². The molecule has 1 aromatic rings. The first-order chi connectivity index (χ1) is 12.3. The van der Waals surface area contributed by atoms with Crippen molar-refractivity contribution in [3.8, 4) is 6.07 Å². The van der Waals surface area contributed by atoms with Gasteiger partial charge in [-0.2, -0.15) is 41.8 Å². The summed E-state index contributed by atoms with van der Waals surface area (Å²) in [5.74, 6) is -1.01. The fourth-order valence-corrected chi connectivity index (χ4v) is 2.78. The van der Waals surface area contributed by atoms with Gasteiger partial charge in [0.25, 0.3) is 5.91 Å². The third-order valence-electron chi connectivity index (χ3n) is 4.19. The summed E-state index contributed by atoms with van der Waals surface area (Å²) < 4.78 is 78.2. The zero-order chi connectivity index (χ0) is 20.6. The molecule has 0 aromatic heterocycles. The highest BCUT2D eigenvalue weighted by Gasteiger charge is 2.51. The monoisotopic (exact) mass is 392 g/mol. The molecule has 11 heteroatoms. The number of amides is 1. The predicted molar refractivity (Wildman–Crippen MR) is 81.9 cm³/mol. The molecule has 1 N–H and O–H groups in total. The van der Waals surface area contributed by atoms with Gasteiger partial charge in [-0.15, -0.1) is 0 Å². The Labute approximate surface area is 150 Å².